The van der Waals surface area contributed by atoms with Crippen LogP contribution in [0, 0.1) is 0 Å². The summed E-state index contributed by atoms with van der Waals surface area (Å²) in [5.74, 6) is -0.577. The number of amides is 2. The van der Waals surface area contributed by atoms with E-state index in [9.17, 15) is 18.0 Å². The lowest BCUT2D eigenvalue weighted by atomic mass is 9.95. The average Bonchev–Trinajstić information content (AvgIpc) is 3.18. The number of nitrogens with one attached hydrogen (secondary N) is 3. The number of thiophene rings is 1. The molecule has 1 aliphatic carbocycles. The van der Waals surface area contributed by atoms with Crippen molar-refractivity contribution in [3.05, 3.63) is 70.4 Å². The van der Waals surface area contributed by atoms with Crippen LogP contribution in [0.15, 0.2) is 48.8 Å². The number of aromatic nitrogens is 1. The fourth-order valence-corrected chi connectivity index (χ4v) is 6.30. The van der Waals surface area contributed by atoms with E-state index in [4.69, 9.17) is 0 Å². The Labute approximate surface area is 202 Å². The summed E-state index contributed by atoms with van der Waals surface area (Å²) in [6.45, 7) is 1.80. The summed E-state index contributed by atoms with van der Waals surface area (Å²) in [4.78, 5) is 31.1. The summed E-state index contributed by atoms with van der Waals surface area (Å²) < 4.78 is 26.5. The Bertz CT molecular complexity index is 1290. The van der Waals surface area contributed by atoms with E-state index in [-0.39, 0.29) is 17.6 Å². The largest absolute Gasteiger partial charge is 0.322 e. The summed E-state index contributed by atoms with van der Waals surface area (Å²) in [5.41, 5.74) is 2.86. The number of nitrogens with zero attached hydrogens (tertiary/aromatic N) is 1. The highest BCUT2D eigenvalue weighted by molar-refractivity contribution is 7.92. The second kappa shape index (κ2) is 10.4. The fraction of sp³-hybridized carbons (Fsp3) is 0.292. The molecule has 0 fully saturated rings. The minimum Gasteiger partial charge on any atom is -0.322 e. The van der Waals surface area contributed by atoms with E-state index in [1.165, 1.54) is 17.5 Å². The maximum absolute atomic E-state index is 13.3. The molecule has 3 N–H and O–H groups in total. The van der Waals surface area contributed by atoms with Gasteiger partial charge < -0.3 is 10.6 Å². The van der Waals surface area contributed by atoms with Gasteiger partial charge in [-0.3, -0.25) is 19.3 Å². The third kappa shape index (κ3) is 5.63. The summed E-state index contributed by atoms with van der Waals surface area (Å²) in [6, 6.07) is 9.87. The molecule has 1 aromatic carbocycles. The van der Waals surface area contributed by atoms with Crippen LogP contribution < -0.4 is 15.4 Å². The number of carbonyl (C=O) groups excluding carboxylic acids is 2. The van der Waals surface area contributed by atoms with Crippen molar-refractivity contribution in [2.75, 3.05) is 21.1 Å². The molecule has 0 unspecified atom stereocenters. The van der Waals surface area contributed by atoms with E-state index in [0.717, 1.165) is 36.1 Å². The molecule has 2 amide bonds. The van der Waals surface area contributed by atoms with Crippen molar-refractivity contribution in [2.45, 2.75) is 39.0 Å². The first-order chi connectivity index (χ1) is 16.4. The molecule has 178 valence electrons. The zero-order valence-corrected chi connectivity index (χ0v) is 20.4. The van der Waals surface area contributed by atoms with Crippen LogP contribution in [0.5, 0.6) is 0 Å². The Hall–Kier alpha value is -3.24. The molecule has 0 bridgehead atoms. The average molecular weight is 499 g/mol. The minimum atomic E-state index is -3.39. The molecule has 3 aromatic rings. The molecule has 0 saturated heterocycles. The molecule has 0 radical (unpaired) electrons. The van der Waals surface area contributed by atoms with E-state index in [0.29, 0.717) is 33.9 Å². The number of aryl methyl sites for hydroxylation is 1. The Morgan fingerprint density at radius 2 is 1.74 bits per heavy atom. The fourth-order valence-electron chi connectivity index (χ4n) is 3.88. The zero-order chi connectivity index (χ0) is 24.1. The topological polar surface area (TPSA) is 117 Å². The van der Waals surface area contributed by atoms with Crippen molar-refractivity contribution in [1.29, 1.82) is 0 Å². The van der Waals surface area contributed by atoms with Crippen molar-refractivity contribution in [2.24, 2.45) is 0 Å². The number of benzene rings is 1. The van der Waals surface area contributed by atoms with Gasteiger partial charge in [0.2, 0.25) is 10.0 Å². The molecule has 2 heterocycles. The predicted molar refractivity (Wildman–Crippen MR) is 135 cm³/mol. The molecular weight excluding hydrogens is 472 g/mol. The summed E-state index contributed by atoms with van der Waals surface area (Å²) >= 11 is 1.45. The van der Waals surface area contributed by atoms with Gasteiger partial charge in [0.15, 0.2) is 0 Å². The first-order valence-corrected chi connectivity index (χ1v) is 13.6. The zero-order valence-electron chi connectivity index (χ0n) is 18.8. The van der Waals surface area contributed by atoms with Crippen LogP contribution in [-0.4, -0.2) is 31.0 Å². The maximum Gasteiger partial charge on any atom is 0.258 e. The molecule has 8 nitrogen and oxygen atoms in total. The number of hydrogen-bond donors (Lipinski definition) is 3. The smallest absolute Gasteiger partial charge is 0.258 e. The SMILES string of the molecule is CCCS(=O)(=O)Nc1ccc(NC(=O)c2c(NC(=O)c3cccnc3)sc3c2CCCC3)cc1. The lowest BCUT2D eigenvalue weighted by Gasteiger charge is -2.14. The number of rotatable bonds is 8. The lowest BCUT2D eigenvalue weighted by Crippen LogP contribution is -2.19. The number of pyridine rings is 1. The second-order valence-electron chi connectivity index (χ2n) is 8.06. The van der Waals surface area contributed by atoms with Gasteiger partial charge in [0.1, 0.15) is 5.00 Å². The van der Waals surface area contributed by atoms with Gasteiger partial charge in [0, 0.05) is 28.6 Å². The number of fused-ring (bicyclic) bond motifs is 1. The van der Waals surface area contributed by atoms with Crippen LogP contribution in [0.2, 0.25) is 0 Å². The van der Waals surface area contributed by atoms with Crippen LogP contribution in [0.25, 0.3) is 0 Å². The maximum atomic E-state index is 13.3. The molecule has 0 atom stereocenters. The first kappa shape index (κ1) is 23.9. The van der Waals surface area contributed by atoms with Crippen LogP contribution in [-0.2, 0) is 22.9 Å². The molecule has 0 aliphatic heterocycles. The van der Waals surface area contributed by atoms with E-state index in [1.807, 2.05) is 0 Å². The van der Waals surface area contributed by atoms with Gasteiger partial charge in [-0.25, -0.2) is 8.42 Å². The third-order valence-corrected chi connectivity index (χ3v) is 8.14. The Morgan fingerprint density at radius 1 is 1.00 bits per heavy atom. The molecule has 0 spiro atoms. The van der Waals surface area contributed by atoms with E-state index in [1.54, 1.807) is 49.5 Å². The van der Waals surface area contributed by atoms with Gasteiger partial charge in [-0.2, -0.15) is 0 Å². The molecule has 0 saturated carbocycles. The van der Waals surface area contributed by atoms with Gasteiger partial charge in [0.05, 0.1) is 16.9 Å². The number of hydrogen-bond acceptors (Lipinski definition) is 6. The molecular formula is C24H26N4O4S2. The number of carbonyl (C=O) groups is 2. The van der Waals surface area contributed by atoms with Crippen LogP contribution in [0.1, 0.15) is 57.3 Å². The van der Waals surface area contributed by atoms with Gasteiger partial charge in [0.25, 0.3) is 11.8 Å². The third-order valence-electron chi connectivity index (χ3n) is 5.44. The number of anilines is 3. The monoisotopic (exact) mass is 498 g/mol. The van der Waals surface area contributed by atoms with Crippen LogP contribution in [0.3, 0.4) is 0 Å². The second-order valence-corrected chi connectivity index (χ2v) is 11.0. The van der Waals surface area contributed by atoms with Gasteiger partial charge >= 0.3 is 0 Å². The standard InChI is InChI=1S/C24H26N4O4S2/c1-2-14-34(31,32)28-18-11-9-17(10-12-18)26-23(30)21-19-7-3-4-8-20(19)33-24(21)27-22(29)16-6-5-13-25-15-16/h5-6,9-13,15,28H,2-4,7-8,14H2,1H3,(H,26,30)(H,27,29). The Kier molecular flexibility index (Phi) is 7.28. The Balaban J connectivity index is 1.54. The summed E-state index contributed by atoms with van der Waals surface area (Å²) in [6.07, 6.45) is 7.32. The van der Waals surface area contributed by atoms with Crippen molar-refractivity contribution in [1.82, 2.24) is 4.98 Å². The summed E-state index contributed by atoms with van der Waals surface area (Å²) in [5, 5.41) is 6.32. The van der Waals surface area contributed by atoms with Gasteiger partial charge in [-0.1, -0.05) is 6.92 Å². The lowest BCUT2D eigenvalue weighted by molar-refractivity contribution is 0.102. The van der Waals surface area contributed by atoms with Crippen LogP contribution in [0.4, 0.5) is 16.4 Å². The molecule has 10 heteroatoms. The van der Waals surface area contributed by atoms with Gasteiger partial charge in [-0.05, 0) is 74.1 Å². The number of sulfonamides is 1. The highest BCUT2D eigenvalue weighted by Crippen LogP contribution is 2.38. The quantitative estimate of drug-likeness (QED) is 0.417. The predicted octanol–water partition coefficient (Wildman–Crippen LogP) is 4.68. The van der Waals surface area contributed by atoms with Gasteiger partial charge in [-0.15, -0.1) is 11.3 Å². The summed E-state index contributed by atoms with van der Waals surface area (Å²) in [7, 11) is -3.39. The van der Waals surface area contributed by atoms with E-state index < -0.39 is 10.0 Å². The first-order valence-electron chi connectivity index (χ1n) is 11.1. The van der Waals surface area contributed by atoms with E-state index >= 15 is 0 Å². The molecule has 4 rings (SSSR count). The Morgan fingerprint density at radius 3 is 2.44 bits per heavy atom. The molecule has 1 aliphatic rings. The highest BCUT2D eigenvalue weighted by atomic mass is 32.2. The van der Waals surface area contributed by atoms with E-state index in [2.05, 4.69) is 20.3 Å². The highest BCUT2D eigenvalue weighted by Gasteiger charge is 2.26. The van der Waals surface area contributed by atoms with Crippen molar-refractivity contribution < 1.29 is 18.0 Å². The molecule has 34 heavy (non-hydrogen) atoms. The van der Waals surface area contributed by atoms with Crippen molar-refractivity contribution in [3.63, 3.8) is 0 Å². The van der Waals surface area contributed by atoms with Crippen LogP contribution >= 0.6 is 11.3 Å². The normalized spacial score (nSPS) is 13.1. The minimum absolute atomic E-state index is 0.0439. The van der Waals surface area contributed by atoms with Crippen molar-refractivity contribution >= 4 is 49.6 Å². The van der Waals surface area contributed by atoms with Crippen molar-refractivity contribution in [3.8, 4) is 0 Å². The molecule has 2 aromatic heterocycles.